The van der Waals surface area contributed by atoms with E-state index < -0.39 is 0 Å². The maximum atomic E-state index is 13.5. The molecule has 0 radical (unpaired) electrons. The number of benzene rings is 3. The number of ketones is 1. The Morgan fingerprint density at radius 3 is 2.15 bits per heavy atom. The number of hydrogen-bond donors (Lipinski definition) is 0. The molecule has 4 rings (SSSR count). The molecule has 1 aromatic heterocycles. The summed E-state index contributed by atoms with van der Waals surface area (Å²) in [4.78, 5) is 34.8. The number of anilines is 1. The van der Waals surface area contributed by atoms with Crippen LogP contribution in [0.3, 0.4) is 0 Å². The highest BCUT2D eigenvalue weighted by Gasteiger charge is 2.22. The van der Waals surface area contributed by atoms with E-state index in [9.17, 15) is 9.59 Å². The lowest BCUT2D eigenvalue weighted by atomic mass is 10.0. The van der Waals surface area contributed by atoms with Gasteiger partial charge in [-0.2, -0.15) is 0 Å². The fraction of sp³-hybridized carbons (Fsp3) is 0.222. The van der Waals surface area contributed by atoms with E-state index in [4.69, 9.17) is 4.98 Å². The van der Waals surface area contributed by atoms with Gasteiger partial charge >= 0.3 is 0 Å². The van der Waals surface area contributed by atoms with Gasteiger partial charge in [-0.3, -0.25) is 14.5 Å². The Hall–Kier alpha value is -3.35. The van der Waals surface area contributed by atoms with Crippen LogP contribution < -0.4 is 4.90 Å². The first-order valence-electron chi connectivity index (χ1n) is 10.9. The number of aryl methyl sites for hydroxylation is 2. The fourth-order valence-electron chi connectivity index (χ4n) is 3.74. The molecule has 1 heterocycles. The molecule has 0 atom stereocenters. The first-order chi connectivity index (χ1) is 15.8. The van der Waals surface area contributed by atoms with Crippen LogP contribution in [0, 0.1) is 13.8 Å². The standard InChI is InChI=1S/C27H27N3O2S/c1-18-16-19(2)25-23(17-18)28-27(33-25)30(15-14-29(3)4)26(32)22-12-10-21(11-13-22)24(31)20-8-6-5-7-9-20/h5-13,16-17H,14-15H2,1-4H3. The third kappa shape index (κ3) is 5.02. The number of thiazole rings is 1. The summed E-state index contributed by atoms with van der Waals surface area (Å²) in [5.74, 6) is -0.180. The number of aromatic nitrogens is 1. The summed E-state index contributed by atoms with van der Waals surface area (Å²) in [5.41, 5.74) is 4.96. The maximum absolute atomic E-state index is 13.5. The number of amides is 1. The van der Waals surface area contributed by atoms with Crippen molar-refractivity contribution < 1.29 is 9.59 Å². The zero-order valence-corrected chi connectivity index (χ0v) is 20.1. The third-order valence-corrected chi connectivity index (χ3v) is 6.72. The molecule has 5 nitrogen and oxygen atoms in total. The molecule has 0 saturated carbocycles. The summed E-state index contributed by atoms with van der Waals surface area (Å²) in [6, 6.07) is 20.2. The molecular weight excluding hydrogens is 430 g/mol. The predicted molar refractivity (Wildman–Crippen MR) is 136 cm³/mol. The van der Waals surface area contributed by atoms with E-state index in [2.05, 4.69) is 26.0 Å². The van der Waals surface area contributed by atoms with E-state index in [0.717, 1.165) is 21.3 Å². The van der Waals surface area contributed by atoms with Gasteiger partial charge in [0.1, 0.15) is 0 Å². The molecule has 0 aliphatic rings. The van der Waals surface area contributed by atoms with Gasteiger partial charge in [-0.15, -0.1) is 0 Å². The Morgan fingerprint density at radius 1 is 0.848 bits per heavy atom. The van der Waals surface area contributed by atoms with E-state index >= 15 is 0 Å². The Kier molecular flexibility index (Phi) is 6.67. The average molecular weight is 458 g/mol. The van der Waals surface area contributed by atoms with E-state index in [1.54, 1.807) is 52.6 Å². The van der Waals surface area contributed by atoms with Crippen LogP contribution in [0.25, 0.3) is 10.2 Å². The highest BCUT2D eigenvalue weighted by Crippen LogP contribution is 2.32. The quantitative estimate of drug-likeness (QED) is 0.351. The van der Waals surface area contributed by atoms with Gasteiger partial charge in [0.2, 0.25) is 0 Å². The number of fused-ring (bicyclic) bond motifs is 1. The highest BCUT2D eigenvalue weighted by atomic mass is 32.1. The number of hydrogen-bond acceptors (Lipinski definition) is 5. The number of nitrogens with zero attached hydrogens (tertiary/aromatic N) is 3. The van der Waals surface area contributed by atoms with Crippen LogP contribution in [0.1, 0.15) is 37.4 Å². The van der Waals surface area contributed by atoms with Crippen molar-refractivity contribution in [1.82, 2.24) is 9.88 Å². The van der Waals surface area contributed by atoms with Crippen molar-refractivity contribution in [3.05, 3.63) is 94.5 Å². The Balaban J connectivity index is 1.64. The van der Waals surface area contributed by atoms with E-state index in [0.29, 0.717) is 34.9 Å². The van der Waals surface area contributed by atoms with Gasteiger partial charge in [0.05, 0.1) is 10.2 Å². The number of carbonyl (C=O) groups excluding carboxylic acids is 2. The molecule has 3 aromatic carbocycles. The first-order valence-corrected chi connectivity index (χ1v) is 11.7. The summed E-state index contributed by atoms with van der Waals surface area (Å²) in [6.45, 7) is 5.36. The average Bonchev–Trinajstić information content (AvgIpc) is 3.23. The summed E-state index contributed by atoms with van der Waals surface area (Å²) < 4.78 is 1.10. The monoisotopic (exact) mass is 457 g/mol. The lowest BCUT2D eigenvalue weighted by molar-refractivity contribution is 0.0982. The summed E-state index contributed by atoms with van der Waals surface area (Å²) in [6.07, 6.45) is 0. The summed E-state index contributed by atoms with van der Waals surface area (Å²) in [7, 11) is 3.97. The first kappa shape index (κ1) is 22.8. The van der Waals surface area contributed by atoms with Crippen LogP contribution in [0.5, 0.6) is 0 Å². The van der Waals surface area contributed by atoms with Gasteiger partial charge in [-0.1, -0.05) is 59.9 Å². The second-order valence-corrected chi connectivity index (χ2v) is 9.44. The van der Waals surface area contributed by atoms with Crippen molar-refractivity contribution in [2.24, 2.45) is 0 Å². The second kappa shape index (κ2) is 9.65. The molecule has 4 aromatic rings. The third-order valence-electron chi connectivity index (χ3n) is 5.49. The van der Waals surface area contributed by atoms with Gasteiger partial charge in [0.25, 0.3) is 5.91 Å². The van der Waals surface area contributed by atoms with Crippen LogP contribution in [0.15, 0.2) is 66.7 Å². The van der Waals surface area contributed by atoms with Crippen molar-refractivity contribution in [2.45, 2.75) is 13.8 Å². The minimum Gasteiger partial charge on any atom is -0.308 e. The van der Waals surface area contributed by atoms with Crippen molar-refractivity contribution in [3.63, 3.8) is 0 Å². The minimum absolute atomic E-state index is 0.0592. The molecule has 0 aliphatic heterocycles. The molecule has 0 saturated heterocycles. The topological polar surface area (TPSA) is 53.5 Å². The van der Waals surface area contributed by atoms with Gasteiger partial charge in [0.15, 0.2) is 10.9 Å². The Labute approximate surface area is 198 Å². The maximum Gasteiger partial charge on any atom is 0.260 e. The van der Waals surface area contributed by atoms with Crippen LogP contribution in [-0.2, 0) is 0 Å². The predicted octanol–water partition coefficient (Wildman–Crippen LogP) is 5.35. The van der Waals surface area contributed by atoms with Gasteiger partial charge in [-0.25, -0.2) is 4.98 Å². The van der Waals surface area contributed by atoms with Crippen molar-refractivity contribution in [1.29, 1.82) is 0 Å². The zero-order valence-electron chi connectivity index (χ0n) is 19.3. The lowest BCUT2D eigenvalue weighted by Gasteiger charge is -2.22. The molecular formula is C27H27N3O2S. The zero-order chi connectivity index (χ0) is 23.5. The lowest BCUT2D eigenvalue weighted by Crippen LogP contribution is -2.36. The van der Waals surface area contributed by atoms with E-state index in [1.807, 2.05) is 37.2 Å². The van der Waals surface area contributed by atoms with Gasteiger partial charge in [0, 0.05) is 29.8 Å². The molecule has 0 spiro atoms. The molecule has 1 amide bonds. The molecule has 0 aliphatic carbocycles. The van der Waals surface area contributed by atoms with E-state index in [-0.39, 0.29) is 11.7 Å². The normalized spacial score (nSPS) is 11.2. The highest BCUT2D eigenvalue weighted by molar-refractivity contribution is 7.22. The van der Waals surface area contributed by atoms with Crippen LogP contribution in [-0.4, -0.2) is 48.8 Å². The molecule has 0 bridgehead atoms. The van der Waals surface area contributed by atoms with Crippen molar-refractivity contribution in [2.75, 3.05) is 32.1 Å². The summed E-state index contributed by atoms with van der Waals surface area (Å²) >= 11 is 1.54. The summed E-state index contributed by atoms with van der Waals surface area (Å²) in [5, 5.41) is 0.690. The number of carbonyl (C=O) groups is 2. The minimum atomic E-state index is -0.121. The molecule has 0 fully saturated rings. The van der Waals surface area contributed by atoms with Crippen LogP contribution in [0.2, 0.25) is 0 Å². The molecule has 6 heteroatoms. The Morgan fingerprint density at radius 2 is 1.48 bits per heavy atom. The van der Waals surface area contributed by atoms with Gasteiger partial charge in [-0.05, 0) is 57.3 Å². The van der Waals surface area contributed by atoms with Crippen LogP contribution in [0.4, 0.5) is 5.13 Å². The van der Waals surface area contributed by atoms with Crippen LogP contribution >= 0.6 is 11.3 Å². The molecule has 0 unspecified atom stereocenters. The van der Waals surface area contributed by atoms with Crippen molar-refractivity contribution in [3.8, 4) is 0 Å². The molecule has 33 heavy (non-hydrogen) atoms. The van der Waals surface area contributed by atoms with Gasteiger partial charge < -0.3 is 4.90 Å². The molecule has 168 valence electrons. The SMILES string of the molecule is Cc1cc(C)c2sc(N(CCN(C)C)C(=O)c3ccc(C(=O)c4ccccc4)cc3)nc2c1. The molecule has 0 N–H and O–H groups in total. The largest absolute Gasteiger partial charge is 0.308 e. The number of rotatable bonds is 7. The van der Waals surface area contributed by atoms with Crippen molar-refractivity contribution >= 4 is 38.4 Å². The fourth-order valence-corrected chi connectivity index (χ4v) is 4.78. The number of likely N-dealkylation sites (N-methyl/N-ethyl adjacent to an activating group) is 1. The smallest absolute Gasteiger partial charge is 0.260 e. The van der Waals surface area contributed by atoms with E-state index in [1.165, 1.54) is 0 Å². The second-order valence-electron chi connectivity index (χ2n) is 8.46. The Bertz CT molecular complexity index is 1290.